The van der Waals surface area contributed by atoms with Crippen LogP contribution >= 0.6 is 0 Å². The average Bonchev–Trinajstić information content (AvgIpc) is 2.52. The van der Waals surface area contributed by atoms with Crippen LogP contribution in [0.3, 0.4) is 0 Å². The van der Waals surface area contributed by atoms with Crippen molar-refractivity contribution in [2.24, 2.45) is 0 Å². The Morgan fingerprint density at radius 2 is 2.23 bits per heavy atom. The quantitative estimate of drug-likeness (QED) is 0.781. The second-order valence-electron chi connectivity index (χ2n) is 5.04. The van der Waals surface area contributed by atoms with Gasteiger partial charge in [-0.15, -0.1) is 6.58 Å². The highest BCUT2D eigenvalue weighted by Crippen LogP contribution is 2.21. The van der Waals surface area contributed by atoms with E-state index in [4.69, 9.17) is 9.84 Å². The Morgan fingerprint density at radius 1 is 1.45 bits per heavy atom. The molecule has 1 aromatic rings. The Labute approximate surface area is 129 Å². The van der Waals surface area contributed by atoms with E-state index < -0.39 is 12.0 Å². The van der Waals surface area contributed by atoms with E-state index in [-0.39, 0.29) is 18.9 Å². The lowest BCUT2D eigenvalue weighted by atomic mass is 10.1. The predicted molar refractivity (Wildman–Crippen MR) is 83.0 cm³/mol. The summed E-state index contributed by atoms with van der Waals surface area (Å²) in [6, 6.07) is 6.76. The van der Waals surface area contributed by atoms with Gasteiger partial charge >= 0.3 is 5.97 Å². The van der Waals surface area contributed by atoms with E-state index in [1.165, 1.54) is 0 Å². The molecule has 1 aromatic carbocycles. The van der Waals surface area contributed by atoms with E-state index in [2.05, 4.69) is 11.9 Å². The number of carboxylic acid groups (broad SMARTS) is 1. The third-order valence-corrected chi connectivity index (χ3v) is 3.49. The van der Waals surface area contributed by atoms with Crippen molar-refractivity contribution in [3.63, 3.8) is 0 Å². The molecule has 0 radical (unpaired) electrons. The first kappa shape index (κ1) is 16.0. The Morgan fingerprint density at radius 3 is 2.95 bits per heavy atom. The number of carboxylic acids is 1. The number of aliphatic carboxylic acids is 1. The van der Waals surface area contributed by atoms with Gasteiger partial charge < -0.3 is 20.1 Å². The molecule has 2 N–H and O–H groups in total. The van der Waals surface area contributed by atoms with Gasteiger partial charge in [0.1, 0.15) is 0 Å². The molecule has 1 saturated heterocycles. The molecule has 0 spiro atoms. The molecule has 1 fully saturated rings. The second-order valence-corrected chi connectivity index (χ2v) is 5.04. The predicted octanol–water partition coefficient (Wildman–Crippen LogP) is 1.60. The van der Waals surface area contributed by atoms with E-state index in [9.17, 15) is 9.59 Å². The number of nitrogens with one attached hydrogen (secondary N) is 1. The molecule has 2 rings (SSSR count). The van der Waals surface area contributed by atoms with Crippen LogP contribution in [0.15, 0.2) is 36.9 Å². The van der Waals surface area contributed by atoms with E-state index >= 15 is 0 Å². The summed E-state index contributed by atoms with van der Waals surface area (Å²) < 4.78 is 5.31. The summed E-state index contributed by atoms with van der Waals surface area (Å²) in [5, 5.41) is 12.1. The highest BCUT2D eigenvalue weighted by Gasteiger charge is 2.30. The molecule has 1 aliphatic rings. The van der Waals surface area contributed by atoms with Crippen LogP contribution in [0.5, 0.6) is 0 Å². The molecule has 22 heavy (non-hydrogen) atoms. The standard InChI is InChI=1S/C16H20N2O4/c1-2-7-17-14-6-4-3-5-13(14)16(21)18-8-9-22-11-12(18)10-15(19)20/h2-6,12,17H,1,7-11H2,(H,19,20)/t12-/m1/s1. The lowest BCUT2D eigenvalue weighted by molar-refractivity contribution is -0.139. The number of rotatable bonds is 6. The van der Waals surface area contributed by atoms with Gasteiger partial charge in [0.2, 0.25) is 0 Å². The second kappa shape index (κ2) is 7.61. The van der Waals surface area contributed by atoms with Crippen molar-refractivity contribution in [2.75, 3.05) is 31.6 Å². The maximum absolute atomic E-state index is 12.8. The van der Waals surface area contributed by atoms with Crippen molar-refractivity contribution in [1.82, 2.24) is 4.90 Å². The fourth-order valence-corrected chi connectivity index (χ4v) is 2.45. The number of carbonyl (C=O) groups excluding carboxylic acids is 1. The normalized spacial score (nSPS) is 17.8. The highest BCUT2D eigenvalue weighted by molar-refractivity contribution is 6.00. The van der Waals surface area contributed by atoms with E-state index in [0.29, 0.717) is 30.9 Å². The first-order valence-electron chi connectivity index (χ1n) is 7.17. The fourth-order valence-electron chi connectivity index (χ4n) is 2.45. The number of nitrogens with zero attached hydrogens (tertiary/aromatic N) is 1. The number of carbonyl (C=O) groups is 2. The summed E-state index contributed by atoms with van der Waals surface area (Å²) in [6.45, 7) is 5.26. The molecule has 0 unspecified atom stereocenters. The number of amides is 1. The van der Waals surface area contributed by atoms with Crippen molar-refractivity contribution in [3.8, 4) is 0 Å². The number of benzene rings is 1. The first-order valence-corrected chi connectivity index (χ1v) is 7.17. The molecule has 0 aliphatic carbocycles. The van der Waals surface area contributed by atoms with Crippen LogP contribution < -0.4 is 5.32 Å². The van der Waals surface area contributed by atoms with Crippen molar-refractivity contribution >= 4 is 17.6 Å². The topological polar surface area (TPSA) is 78.9 Å². The molecule has 1 heterocycles. The van der Waals surface area contributed by atoms with Crippen LogP contribution in [0.4, 0.5) is 5.69 Å². The van der Waals surface area contributed by atoms with Gasteiger partial charge in [0.05, 0.1) is 31.2 Å². The molecule has 118 valence electrons. The summed E-state index contributed by atoms with van der Waals surface area (Å²) in [4.78, 5) is 25.3. The van der Waals surface area contributed by atoms with Crippen molar-refractivity contribution in [1.29, 1.82) is 0 Å². The third-order valence-electron chi connectivity index (χ3n) is 3.49. The molecule has 0 bridgehead atoms. The van der Waals surface area contributed by atoms with Crippen molar-refractivity contribution in [3.05, 3.63) is 42.5 Å². The van der Waals surface area contributed by atoms with Gasteiger partial charge in [0.15, 0.2) is 0 Å². The SMILES string of the molecule is C=CCNc1ccccc1C(=O)N1CCOC[C@H]1CC(=O)O. The lowest BCUT2D eigenvalue weighted by Crippen LogP contribution is -2.49. The van der Waals surface area contributed by atoms with Gasteiger partial charge in [0.25, 0.3) is 5.91 Å². The lowest BCUT2D eigenvalue weighted by Gasteiger charge is -2.35. The Bertz CT molecular complexity index is 559. The third kappa shape index (κ3) is 3.85. The summed E-state index contributed by atoms with van der Waals surface area (Å²) in [5.74, 6) is -1.12. The van der Waals surface area contributed by atoms with Gasteiger partial charge in [-0.1, -0.05) is 18.2 Å². The minimum atomic E-state index is -0.939. The Hall–Kier alpha value is -2.34. The van der Waals surface area contributed by atoms with Crippen LogP contribution in [-0.4, -0.2) is 54.2 Å². The summed E-state index contributed by atoms with van der Waals surface area (Å²) in [5.41, 5.74) is 1.25. The van der Waals surface area contributed by atoms with E-state index in [0.717, 1.165) is 0 Å². The molecular weight excluding hydrogens is 284 g/mol. The van der Waals surface area contributed by atoms with Crippen LogP contribution in [0.1, 0.15) is 16.8 Å². The summed E-state index contributed by atoms with van der Waals surface area (Å²) in [6.07, 6.45) is 1.59. The zero-order chi connectivity index (χ0) is 15.9. The number of para-hydroxylation sites is 1. The number of hydrogen-bond acceptors (Lipinski definition) is 4. The maximum atomic E-state index is 12.8. The Kier molecular flexibility index (Phi) is 5.55. The zero-order valence-electron chi connectivity index (χ0n) is 12.3. The number of ether oxygens (including phenoxy) is 1. The van der Waals surface area contributed by atoms with Gasteiger partial charge in [-0.05, 0) is 12.1 Å². The zero-order valence-corrected chi connectivity index (χ0v) is 12.3. The summed E-state index contributed by atoms with van der Waals surface area (Å²) >= 11 is 0. The van der Waals surface area contributed by atoms with Gasteiger partial charge in [-0.25, -0.2) is 0 Å². The van der Waals surface area contributed by atoms with Crippen LogP contribution in [0, 0.1) is 0 Å². The monoisotopic (exact) mass is 304 g/mol. The Balaban J connectivity index is 2.21. The average molecular weight is 304 g/mol. The van der Waals surface area contributed by atoms with Crippen LogP contribution in [-0.2, 0) is 9.53 Å². The van der Waals surface area contributed by atoms with Gasteiger partial charge in [-0.2, -0.15) is 0 Å². The molecule has 0 saturated carbocycles. The minimum Gasteiger partial charge on any atom is -0.481 e. The molecule has 1 amide bonds. The smallest absolute Gasteiger partial charge is 0.305 e. The number of hydrogen-bond donors (Lipinski definition) is 2. The van der Waals surface area contributed by atoms with E-state index in [1.807, 2.05) is 12.1 Å². The largest absolute Gasteiger partial charge is 0.481 e. The molecule has 0 aromatic heterocycles. The van der Waals surface area contributed by atoms with Crippen LogP contribution in [0.2, 0.25) is 0 Å². The van der Waals surface area contributed by atoms with Crippen LogP contribution in [0.25, 0.3) is 0 Å². The fraction of sp³-hybridized carbons (Fsp3) is 0.375. The minimum absolute atomic E-state index is 0.117. The van der Waals surface area contributed by atoms with E-state index in [1.54, 1.807) is 23.1 Å². The molecule has 6 nitrogen and oxygen atoms in total. The molecule has 6 heteroatoms. The molecule has 1 aliphatic heterocycles. The van der Waals surface area contributed by atoms with Gasteiger partial charge in [0, 0.05) is 18.8 Å². The first-order chi connectivity index (χ1) is 10.6. The van der Waals surface area contributed by atoms with Crippen molar-refractivity contribution < 1.29 is 19.4 Å². The van der Waals surface area contributed by atoms with Gasteiger partial charge in [-0.3, -0.25) is 9.59 Å². The summed E-state index contributed by atoms with van der Waals surface area (Å²) in [7, 11) is 0. The molecule has 1 atom stereocenters. The maximum Gasteiger partial charge on any atom is 0.305 e. The van der Waals surface area contributed by atoms with Crippen molar-refractivity contribution in [2.45, 2.75) is 12.5 Å². The number of anilines is 1. The highest BCUT2D eigenvalue weighted by atomic mass is 16.5. The molecular formula is C16H20N2O4. The number of morpholine rings is 1.